The maximum atomic E-state index is 13.0. The number of hydrogen-bond acceptors (Lipinski definition) is 1. The van der Waals surface area contributed by atoms with Gasteiger partial charge in [0.25, 0.3) is 5.91 Å². The van der Waals surface area contributed by atoms with E-state index in [9.17, 15) is 18.0 Å². The molecule has 1 amide bonds. The van der Waals surface area contributed by atoms with Gasteiger partial charge in [-0.15, -0.1) is 0 Å². The molecule has 0 bridgehead atoms. The Morgan fingerprint density at radius 3 is 2.35 bits per heavy atom. The van der Waals surface area contributed by atoms with Gasteiger partial charge in [0.1, 0.15) is 0 Å². The van der Waals surface area contributed by atoms with Crippen molar-refractivity contribution in [3.05, 3.63) is 70.0 Å². The Kier molecular flexibility index (Phi) is 4.29. The Balaban J connectivity index is 2.09. The molecule has 0 heterocycles. The molecule has 20 heavy (non-hydrogen) atoms. The van der Waals surface area contributed by atoms with Crippen LogP contribution in [0.2, 0.25) is 5.02 Å². The van der Waals surface area contributed by atoms with Gasteiger partial charge in [0.15, 0.2) is 17.5 Å². The fraction of sp³-hybridized carbons (Fsp3) is 0.0714. The minimum Gasteiger partial charge on any atom is -0.348 e. The third-order valence-electron chi connectivity index (χ3n) is 2.59. The molecule has 0 aliphatic carbocycles. The standard InChI is InChI=1S/C14H9ClF3NO/c15-10-3-1-2-8(4-10)7-19-14(20)9-5-11(16)13(18)12(17)6-9/h1-6H,7H2,(H,19,20). The van der Waals surface area contributed by atoms with E-state index in [1.807, 2.05) is 0 Å². The molecule has 0 aliphatic heterocycles. The molecule has 2 rings (SSSR count). The predicted molar refractivity (Wildman–Crippen MR) is 68.9 cm³/mol. The van der Waals surface area contributed by atoms with Crippen LogP contribution in [0.25, 0.3) is 0 Å². The van der Waals surface area contributed by atoms with Crippen LogP contribution in [0.3, 0.4) is 0 Å². The Morgan fingerprint density at radius 2 is 1.75 bits per heavy atom. The first-order valence-corrected chi connectivity index (χ1v) is 6.02. The van der Waals surface area contributed by atoms with Gasteiger partial charge in [0, 0.05) is 17.1 Å². The number of rotatable bonds is 3. The van der Waals surface area contributed by atoms with Gasteiger partial charge in [-0.25, -0.2) is 13.2 Å². The Morgan fingerprint density at radius 1 is 1.10 bits per heavy atom. The van der Waals surface area contributed by atoms with Gasteiger partial charge >= 0.3 is 0 Å². The normalized spacial score (nSPS) is 10.4. The molecule has 0 atom stereocenters. The van der Waals surface area contributed by atoms with Crippen molar-refractivity contribution < 1.29 is 18.0 Å². The van der Waals surface area contributed by atoms with Gasteiger partial charge in [-0.2, -0.15) is 0 Å². The highest BCUT2D eigenvalue weighted by Crippen LogP contribution is 2.14. The lowest BCUT2D eigenvalue weighted by molar-refractivity contribution is 0.0949. The second-order valence-electron chi connectivity index (χ2n) is 4.07. The fourth-order valence-electron chi connectivity index (χ4n) is 1.62. The predicted octanol–water partition coefficient (Wildman–Crippen LogP) is 3.69. The summed E-state index contributed by atoms with van der Waals surface area (Å²) in [4.78, 5) is 11.7. The molecule has 0 unspecified atom stereocenters. The molecule has 0 aliphatic rings. The average molecular weight is 300 g/mol. The summed E-state index contributed by atoms with van der Waals surface area (Å²) in [5.74, 6) is -5.12. The van der Waals surface area contributed by atoms with Crippen LogP contribution in [0.1, 0.15) is 15.9 Å². The molecule has 0 aromatic heterocycles. The largest absolute Gasteiger partial charge is 0.348 e. The van der Waals surface area contributed by atoms with Crippen LogP contribution >= 0.6 is 11.6 Å². The first-order chi connectivity index (χ1) is 9.47. The van der Waals surface area contributed by atoms with Crippen LogP contribution in [0.4, 0.5) is 13.2 Å². The van der Waals surface area contributed by atoms with E-state index in [0.29, 0.717) is 17.2 Å². The van der Waals surface area contributed by atoms with Crippen molar-refractivity contribution in [1.82, 2.24) is 5.32 Å². The van der Waals surface area contributed by atoms with Crippen molar-refractivity contribution in [3.63, 3.8) is 0 Å². The molecule has 104 valence electrons. The smallest absolute Gasteiger partial charge is 0.251 e. The minimum absolute atomic E-state index is 0.139. The number of nitrogens with one attached hydrogen (secondary N) is 1. The van der Waals surface area contributed by atoms with E-state index in [1.165, 1.54) is 0 Å². The summed E-state index contributed by atoms with van der Waals surface area (Å²) >= 11 is 5.78. The van der Waals surface area contributed by atoms with Gasteiger partial charge < -0.3 is 5.32 Å². The van der Waals surface area contributed by atoms with Crippen molar-refractivity contribution >= 4 is 17.5 Å². The van der Waals surface area contributed by atoms with Crippen molar-refractivity contribution in [3.8, 4) is 0 Å². The molecule has 1 N–H and O–H groups in total. The second kappa shape index (κ2) is 5.96. The third-order valence-corrected chi connectivity index (χ3v) is 2.82. The average Bonchev–Trinajstić information content (AvgIpc) is 2.41. The number of carbonyl (C=O) groups is 1. The summed E-state index contributed by atoms with van der Waals surface area (Å²) in [7, 11) is 0. The topological polar surface area (TPSA) is 29.1 Å². The zero-order valence-corrected chi connectivity index (χ0v) is 10.8. The highest BCUT2D eigenvalue weighted by Gasteiger charge is 2.14. The van der Waals surface area contributed by atoms with Crippen LogP contribution in [0.15, 0.2) is 36.4 Å². The summed E-state index contributed by atoms with van der Waals surface area (Å²) in [5.41, 5.74) is 0.442. The van der Waals surface area contributed by atoms with Crippen LogP contribution in [0.5, 0.6) is 0 Å². The Bertz CT molecular complexity index is 638. The number of benzene rings is 2. The van der Waals surface area contributed by atoms with E-state index in [0.717, 1.165) is 5.56 Å². The van der Waals surface area contributed by atoms with Gasteiger partial charge in [0.05, 0.1) is 0 Å². The molecule has 2 aromatic carbocycles. The van der Waals surface area contributed by atoms with E-state index in [-0.39, 0.29) is 12.1 Å². The maximum absolute atomic E-state index is 13.0. The lowest BCUT2D eigenvalue weighted by Crippen LogP contribution is -2.23. The molecule has 0 saturated carbocycles. The van der Waals surface area contributed by atoms with Crippen LogP contribution < -0.4 is 5.32 Å². The molecular formula is C14H9ClF3NO. The SMILES string of the molecule is O=C(NCc1cccc(Cl)c1)c1cc(F)c(F)c(F)c1. The molecule has 0 fully saturated rings. The summed E-state index contributed by atoms with van der Waals surface area (Å²) in [6.07, 6.45) is 0. The summed E-state index contributed by atoms with van der Waals surface area (Å²) in [5, 5.41) is 2.97. The van der Waals surface area contributed by atoms with Gasteiger partial charge in [-0.3, -0.25) is 4.79 Å². The van der Waals surface area contributed by atoms with Crippen molar-refractivity contribution in [2.75, 3.05) is 0 Å². The van der Waals surface area contributed by atoms with Crippen LogP contribution in [-0.4, -0.2) is 5.91 Å². The zero-order chi connectivity index (χ0) is 14.7. The van der Waals surface area contributed by atoms with E-state index >= 15 is 0 Å². The van der Waals surface area contributed by atoms with Crippen LogP contribution in [0, 0.1) is 17.5 Å². The monoisotopic (exact) mass is 299 g/mol. The van der Waals surface area contributed by atoms with E-state index < -0.39 is 23.4 Å². The van der Waals surface area contributed by atoms with E-state index in [1.54, 1.807) is 24.3 Å². The maximum Gasteiger partial charge on any atom is 0.251 e. The minimum atomic E-state index is -1.60. The Hall–Kier alpha value is -2.01. The quantitative estimate of drug-likeness (QED) is 0.861. The molecule has 2 nitrogen and oxygen atoms in total. The highest BCUT2D eigenvalue weighted by molar-refractivity contribution is 6.30. The second-order valence-corrected chi connectivity index (χ2v) is 4.50. The van der Waals surface area contributed by atoms with E-state index in [2.05, 4.69) is 5.32 Å². The van der Waals surface area contributed by atoms with Gasteiger partial charge in [-0.05, 0) is 29.8 Å². The molecule has 0 spiro atoms. The number of carbonyl (C=O) groups excluding carboxylic acids is 1. The summed E-state index contributed by atoms with van der Waals surface area (Å²) < 4.78 is 38.8. The van der Waals surface area contributed by atoms with Crippen molar-refractivity contribution in [2.24, 2.45) is 0 Å². The number of hydrogen-bond donors (Lipinski definition) is 1. The molecule has 2 aromatic rings. The number of amides is 1. The third kappa shape index (κ3) is 3.30. The van der Waals surface area contributed by atoms with Gasteiger partial charge in [-0.1, -0.05) is 23.7 Å². The van der Waals surface area contributed by atoms with Crippen molar-refractivity contribution in [1.29, 1.82) is 0 Å². The molecule has 0 saturated heterocycles. The van der Waals surface area contributed by atoms with E-state index in [4.69, 9.17) is 11.6 Å². The zero-order valence-electron chi connectivity index (χ0n) is 10.1. The van der Waals surface area contributed by atoms with Crippen molar-refractivity contribution in [2.45, 2.75) is 6.54 Å². The molecule has 0 radical (unpaired) electrons. The Labute approximate surface area is 118 Å². The number of halogens is 4. The lowest BCUT2D eigenvalue weighted by atomic mass is 10.1. The summed E-state index contributed by atoms with van der Waals surface area (Å²) in [6, 6.07) is 8.06. The van der Waals surface area contributed by atoms with Crippen LogP contribution in [-0.2, 0) is 6.54 Å². The first kappa shape index (κ1) is 14.4. The molecule has 6 heteroatoms. The lowest BCUT2D eigenvalue weighted by Gasteiger charge is -2.06. The summed E-state index contributed by atoms with van der Waals surface area (Å²) in [6.45, 7) is 0.139. The first-order valence-electron chi connectivity index (χ1n) is 5.64. The highest BCUT2D eigenvalue weighted by atomic mass is 35.5. The molecular weight excluding hydrogens is 291 g/mol. The fourth-order valence-corrected chi connectivity index (χ4v) is 1.83. The van der Waals surface area contributed by atoms with Gasteiger partial charge in [0.2, 0.25) is 0 Å².